The first-order valence-corrected chi connectivity index (χ1v) is 8.50. The lowest BCUT2D eigenvalue weighted by Crippen LogP contribution is -2.95. The zero-order valence-electron chi connectivity index (χ0n) is 13.4. The molecule has 2 aliphatic heterocycles. The molecule has 0 bridgehead atoms. The maximum atomic E-state index is 5.19. The number of nitrogens with zero attached hydrogens (tertiary/aromatic N) is 1. The minimum Gasteiger partial charge on any atom is -0.286 e. The Morgan fingerprint density at radius 1 is 0.750 bits per heavy atom. The molecule has 2 heteroatoms. The van der Waals surface area contributed by atoms with E-state index in [0.717, 1.165) is 6.54 Å². The summed E-state index contributed by atoms with van der Waals surface area (Å²) >= 11 is 0. The molecule has 0 spiro atoms. The molecule has 2 aliphatic rings. The molecule has 5 rings (SSSR count). The summed E-state index contributed by atoms with van der Waals surface area (Å²) in [4.78, 5) is 6.73. The van der Waals surface area contributed by atoms with Crippen LogP contribution in [0, 0.1) is 0 Å². The van der Waals surface area contributed by atoms with Gasteiger partial charge in [-0.1, -0.05) is 91.0 Å². The fraction of sp³-hybridized carbons (Fsp3) is 0.136. The van der Waals surface area contributed by atoms with E-state index >= 15 is 0 Å². The minimum atomic E-state index is 0.0170. The van der Waals surface area contributed by atoms with Gasteiger partial charge in [0.05, 0.1) is 0 Å². The molecule has 0 aromatic heterocycles. The first kappa shape index (κ1) is 13.7. The summed E-state index contributed by atoms with van der Waals surface area (Å²) in [5.74, 6) is 0. The van der Waals surface area contributed by atoms with Crippen LogP contribution in [-0.4, -0.2) is 12.3 Å². The number of quaternary nitrogens is 1. The molecule has 0 radical (unpaired) electrons. The highest BCUT2D eigenvalue weighted by molar-refractivity contribution is 6.09. The van der Waals surface area contributed by atoms with E-state index in [1.54, 1.807) is 4.90 Å². The minimum absolute atomic E-state index is 0.0170. The Morgan fingerprint density at radius 2 is 1.33 bits per heavy atom. The normalized spacial score (nSPS) is 27.4. The van der Waals surface area contributed by atoms with E-state index in [-0.39, 0.29) is 11.7 Å². The zero-order valence-corrected chi connectivity index (χ0v) is 13.4. The molecule has 3 aromatic carbocycles. The van der Waals surface area contributed by atoms with Crippen molar-refractivity contribution in [1.82, 2.24) is 0 Å². The quantitative estimate of drug-likeness (QED) is 0.716. The Morgan fingerprint density at radius 3 is 2.00 bits per heavy atom. The summed E-state index contributed by atoms with van der Waals surface area (Å²) in [5, 5.41) is 0. The van der Waals surface area contributed by atoms with Gasteiger partial charge < -0.3 is 0 Å². The van der Waals surface area contributed by atoms with Crippen LogP contribution in [-0.2, 0) is 5.54 Å². The Balaban J connectivity index is 1.66. The highest BCUT2D eigenvalue weighted by Crippen LogP contribution is 2.38. The van der Waals surface area contributed by atoms with Crippen molar-refractivity contribution in [3.05, 3.63) is 108 Å². The highest BCUT2D eigenvalue weighted by Gasteiger charge is 2.70. The van der Waals surface area contributed by atoms with Crippen molar-refractivity contribution in [2.45, 2.75) is 11.7 Å². The summed E-state index contributed by atoms with van der Waals surface area (Å²) in [6, 6.07) is 32.2. The maximum Gasteiger partial charge on any atom is 0.218 e. The first-order chi connectivity index (χ1) is 11.9. The van der Waals surface area contributed by atoms with Gasteiger partial charge in [0.25, 0.3) is 0 Å². The number of hydrogen-bond donors (Lipinski definition) is 1. The third kappa shape index (κ3) is 1.90. The lowest BCUT2D eigenvalue weighted by atomic mass is 9.90. The van der Waals surface area contributed by atoms with Gasteiger partial charge in [-0.15, -0.1) is 0 Å². The molecule has 1 unspecified atom stereocenters. The molecule has 3 atom stereocenters. The van der Waals surface area contributed by atoms with Crippen molar-refractivity contribution >= 4 is 5.71 Å². The molecule has 0 amide bonds. The van der Waals surface area contributed by atoms with Crippen LogP contribution in [0.5, 0.6) is 0 Å². The van der Waals surface area contributed by atoms with Crippen molar-refractivity contribution in [3.8, 4) is 0 Å². The van der Waals surface area contributed by atoms with E-state index < -0.39 is 0 Å². The molecule has 1 fully saturated rings. The number of hydrogen-bond acceptors (Lipinski definition) is 1. The fourth-order valence-corrected chi connectivity index (χ4v) is 4.10. The standard InChI is InChI=1S/C22H18N2/c1-4-10-17(11-5-1)20-22(19-14-8-3-9-15-19)16-24(22)21(23-20)18-12-6-2-7-13-18/h1-15,21H,16H2/p+1/t21-,22+,24?/m1/s1. The van der Waals surface area contributed by atoms with E-state index in [9.17, 15) is 0 Å². The topological polar surface area (TPSA) is 16.8 Å². The van der Waals surface area contributed by atoms with Gasteiger partial charge in [-0.2, -0.15) is 0 Å². The fourth-order valence-electron chi connectivity index (χ4n) is 4.10. The third-order valence-corrected chi connectivity index (χ3v) is 5.30. The van der Waals surface area contributed by atoms with Crippen LogP contribution in [0.3, 0.4) is 0 Å². The Labute approximate surface area is 142 Å². The van der Waals surface area contributed by atoms with Crippen molar-refractivity contribution < 1.29 is 4.90 Å². The molecular formula is C22H19N2+. The van der Waals surface area contributed by atoms with Crippen LogP contribution in [0.2, 0.25) is 0 Å². The second-order valence-corrected chi connectivity index (χ2v) is 6.63. The predicted octanol–water partition coefficient (Wildman–Crippen LogP) is 2.98. The van der Waals surface area contributed by atoms with Crippen LogP contribution in [0.15, 0.2) is 96.0 Å². The molecule has 116 valence electrons. The van der Waals surface area contributed by atoms with Crippen LogP contribution >= 0.6 is 0 Å². The van der Waals surface area contributed by atoms with E-state index in [0.29, 0.717) is 0 Å². The third-order valence-electron chi connectivity index (χ3n) is 5.30. The monoisotopic (exact) mass is 311 g/mol. The molecule has 1 saturated heterocycles. The summed E-state index contributed by atoms with van der Waals surface area (Å²) in [5.41, 5.74) is 5.17. The van der Waals surface area contributed by atoms with Gasteiger partial charge in [0.2, 0.25) is 11.7 Å². The lowest BCUT2D eigenvalue weighted by molar-refractivity contribution is -0.818. The number of nitrogens with one attached hydrogen (secondary N) is 1. The Bertz CT molecular complexity index is 887. The average Bonchev–Trinajstić information content (AvgIpc) is 3.33. The van der Waals surface area contributed by atoms with Gasteiger partial charge in [0, 0.05) is 16.7 Å². The van der Waals surface area contributed by atoms with Crippen molar-refractivity contribution in [2.75, 3.05) is 6.54 Å². The number of fused-ring (bicyclic) bond motifs is 1. The largest absolute Gasteiger partial charge is 0.286 e. The molecule has 3 aromatic rings. The van der Waals surface area contributed by atoms with Crippen LogP contribution < -0.4 is 4.90 Å². The molecule has 0 saturated carbocycles. The van der Waals surface area contributed by atoms with E-state index in [1.165, 1.54) is 22.4 Å². The first-order valence-electron chi connectivity index (χ1n) is 8.50. The van der Waals surface area contributed by atoms with Crippen LogP contribution in [0.1, 0.15) is 22.9 Å². The maximum absolute atomic E-state index is 5.19. The molecular weight excluding hydrogens is 292 g/mol. The lowest BCUT2D eigenvalue weighted by Gasteiger charge is -2.11. The average molecular weight is 311 g/mol. The van der Waals surface area contributed by atoms with E-state index in [2.05, 4.69) is 91.0 Å². The summed E-state index contributed by atoms with van der Waals surface area (Å²) < 4.78 is 0. The second-order valence-electron chi connectivity index (χ2n) is 6.63. The summed E-state index contributed by atoms with van der Waals surface area (Å²) in [6.07, 6.45) is 0.196. The van der Waals surface area contributed by atoms with Crippen molar-refractivity contribution in [3.63, 3.8) is 0 Å². The van der Waals surface area contributed by atoms with E-state index in [4.69, 9.17) is 4.99 Å². The molecule has 24 heavy (non-hydrogen) atoms. The van der Waals surface area contributed by atoms with Gasteiger partial charge in [-0.25, -0.2) is 4.99 Å². The van der Waals surface area contributed by atoms with Gasteiger partial charge >= 0.3 is 0 Å². The van der Waals surface area contributed by atoms with Gasteiger partial charge in [-0.3, -0.25) is 4.90 Å². The van der Waals surface area contributed by atoms with Gasteiger partial charge in [-0.05, 0) is 0 Å². The van der Waals surface area contributed by atoms with Gasteiger partial charge in [0.15, 0.2) is 0 Å². The Hall–Kier alpha value is -2.71. The SMILES string of the molecule is c1ccc(C2=N[C@@H](c3ccccc3)[NH+]3C[C@]23c2ccccc2)cc1. The van der Waals surface area contributed by atoms with Crippen molar-refractivity contribution in [2.24, 2.45) is 4.99 Å². The predicted molar refractivity (Wildman–Crippen MR) is 96.1 cm³/mol. The van der Waals surface area contributed by atoms with Crippen molar-refractivity contribution in [1.29, 1.82) is 0 Å². The Kier molecular flexibility index (Phi) is 2.94. The summed E-state index contributed by atoms with van der Waals surface area (Å²) in [6.45, 7) is 1.12. The molecule has 2 heterocycles. The summed E-state index contributed by atoms with van der Waals surface area (Å²) in [7, 11) is 0. The second kappa shape index (κ2) is 5.15. The van der Waals surface area contributed by atoms with Crippen LogP contribution in [0.4, 0.5) is 0 Å². The number of benzene rings is 3. The highest BCUT2D eigenvalue weighted by atomic mass is 15.5. The molecule has 2 nitrogen and oxygen atoms in total. The smallest absolute Gasteiger partial charge is 0.218 e. The zero-order chi connectivity index (χ0) is 16.0. The number of aliphatic imine (C=N–C) groups is 1. The molecule has 1 N–H and O–H groups in total. The van der Waals surface area contributed by atoms with E-state index in [1.807, 2.05) is 0 Å². The number of rotatable bonds is 3. The molecule has 0 aliphatic carbocycles. The van der Waals surface area contributed by atoms with Crippen LogP contribution in [0.25, 0.3) is 0 Å². The van der Waals surface area contributed by atoms with Gasteiger partial charge in [0.1, 0.15) is 12.3 Å².